The smallest absolute Gasteiger partial charge is 0.242 e. The second-order valence-electron chi connectivity index (χ2n) is 10.7. The lowest BCUT2D eigenvalue weighted by atomic mass is 9.96. The van der Waals surface area contributed by atoms with Crippen molar-refractivity contribution in [2.75, 3.05) is 26.7 Å². The van der Waals surface area contributed by atoms with Gasteiger partial charge < -0.3 is 31.7 Å². The van der Waals surface area contributed by atoms with E-state index in [1.165, 1.54) is 24.1 Å². The summed E-state index contributed by atoms with van der Waals surface area (Å²) in [7, 11) is 1.44. The number of carbonyl (C=O) groups excluding carboxylic acids is 4. The molecular formula is C35H56FN5O5. The quantitative estimate of drug-likeness (QED) is 0.173. The number of nitrogens with one attached hydrogen (secondary N) is 3. The van der Waals surface area contributed by atoms with Gasteiger partial charge in [0.1, 0.15) is 17.6 Å². The summed E-state index contributed by atoms with van der Waals surface area (Å²) < 4.78 is 13.2. The molecule has 2 rings (SSSR count). The highest BCUT2D eigenvalue weighted by molar-refractivity contribution is 5.91. The first-order valence-corrected chi connectivity index (χ1v) is 16.3. The van der Waals surface area contributed by atoms with Crippen molar-refractivity contribution in [1.82, 2.24) is 20.9 Å². The number of nitrogens with two attached hydrogens (primary N) is 1. The number of hydrogen-bond donors (Lipinski definition) is 5. The van der Waals surface area contributed by atoms with Crippen molar-refractivity contribution < 1.29 is 28.7 Å². The second kappa shape index (κ2) is 23.4. The third-order valence-electron chi connectivity index (χ3n) is 6.75. The standard InChI is InChI=1S/C31H44FN5O5.2C2H6/c1-5-6-14-34-28(39)13-15-35-30(41)26(18-22-9-12-27(38)24(16-22)20(2)3)36-29(40)19-37(4)31(42)25(33)17-21-7-10-23(32)11-8-21;2*1-2/h7-12,16,20,25-26,38H,5-6,13-15,17-19,33H2,1-4H3,(H,34,39)(H,35,41)(H,36,40);2*1-2H3. The van der Waals surface area contributed by atoms with E-state index < -0.39 is 35.6 Å². The zero-order chi connectivity index (χ0) is 35.2. The van der Waals surface area contributed by atoms with E-state index in [4.69, 9.17) is 5.73 Å². The minimum atomic E-state index is -0.999. The Labute approximate surface area is 274 Å². The molecule has 0 fully saturated rings. The maximum atomic E-state index is 13.2. The summed E-state index contributed by atoms with van der Waals surface area (Å²) in [5.74, 6) is -1.92. The van der Waals surface area contributed by atoms with Crippen molar-refractivity contribution >= 4 is 23.6 Å². The van der Waals surface area contributed by atoms with Crippen molar-refractivity contribution in [2.45, 2.75) is 98.6 Å². The molecule has 0 spiro atoms. The van der Waals surface area contributed by atoms with E-state index in [9.17, 15) is 28.7 Å². The number of phenolic OH excluding ortho intramolecular Hbond substituents is 1. The van der Waals surface area contributed by atoms with Crippen LogP contribution in [0.25, 0.3) is 0 Å². The van der Waals surface area contributed by atoms with E-state index in [0.717, 1.165) is 18.4 Å². The minimum Gasteiger partial charge on any atom is -0.508 e. The van der Waals surface area contributed by atoms with E-state index >= 15 is 0 Å². The van der Waals surface area contributed by atoms with Crippen molar-refractivity contribution in [2.24, 2.45) is 5.73 Å². The van der Waals surface area contributed by atoms with Crippen molar-refractivity contribution in [3.05, 3.63) is 65.0 Å². The third-order valence-corrected chi connectivity index (χ3v) is 6.75. The molecule has 10 nitrogen and oxygen atoms in total. The lowest BCUT2D eigenvalue weighted by Gasteiger charge is -2.23. The molecule has 0 heterocycles. The van der Waals surface area contributed by atoms with Gasteiger partial charge in [-0.1, -0.05) is 79.2 Å². The molecular weight excluding hydrogens is 589 g/mol. The van der Waals surface area contributed by atoms with Gasteiger partial charge in [-0.3, -0.25) is 19.2 Å². The summed E-state index contributed by atoms with van der Waals surface area (Å²) in [5, 5.41) is 18.4. The Kier molecular flexibility index (Phi) is 21.3. The summed E-state index contributed by atoms with van der Waals surface area (Å²) in [6.07, 6.45) is 2.21. The number of rotatable bonds is 16. The van der Waals surface area contributed by atoms with Crippen molar-refractivity contribution in [3.63, 3.8) is 0 Å². The molecule has 0 aromatic heterocycles. The minimum absolute atomic E-state index is 0.0387. The topological polar surface area (TPSA) is 154 Å². The Morgan fingerprint density at radius 1 is 0.891 bits per heavy atom. The number of halogens is 1. The molecule has 0 aliphatic carbocycles. The Balaban J connectivity index is 0.00000486. The highest BCUT2D eigenvalue weighted by Gasteiger charge is 2.25. The van der Waals surface area contributed by atoms with Gasteiger partial charge in [0.25, 0.3) is 0 Å². The lowest BCUT2D eigenvalue weighted by molar-refractivity contribution is -0.136. The van der Waals surface area contributed by atoms with Crippen LogP contribution in [0.1, 0.15) is 90.3 Å². The average molecular weight is 646 g/mol. The predicted molar refractivity (Wildman–Crippen MR) is 182 cm³/mol. The van der Waals surface area contributed by atoms with Crippen LogP contribution < -0.4 is 21.7 Å². The summed E-state index contributed by atoms with van der Waals surface area (Å²) in [6.45, 7) is 14.2. The molecule has 2 aromatic carbocycles. The lowest BCUT2D eigenvalue weighted by Crippen LogP contribution is -2.52. The first kappa shape index (κ1) is 42.0. The maximum Gasteiger partial charge on any atom is 0.242 e. The summed E-state index contributed by atoms with van der Waals surface area (Å²) in [6, 6.07) is 8.73. The molecule has 0 radical (unpaired) electrons. The summed E-state index contributed by atoms with van der Waals surface area (Å²) in [4.78, 5) is 52.1. The highest BCUT2D eigenvalue weighted by Crippen LogP contribution is 2.26. The SMILES string of the molecule is CC.CC.CCCCNC(=O)CCNC(=O)C(Cc1ccc(O)c(C(C)C)c1)NC(=O)CN(C)C(=O)C(N)Cc1ccc(F)cc1. The Bertz CT molecular complexity index is 1210. The maximum absolute atomic E-state index is 13.2. The highest BCUT2D eigenvalue weighted by atomic mass is 19.1. The Hall–Kier alpha value is -3.99. The fraction of sp³-hybridized carbons (Fsp3) is 0.543. The molecule has 0 aliphatic rings. The first-order chi connectivity index (χ1) is 21.9. The molecule has 0 bridgehead atoms. The van der Waals surface area contributed by atoms with Crippen molar-refractivity contribution in [3.8, 4) is 5.75 Å². The number of amides is 4. The van der Waals surface area contributed by atoms with E-state index in [-0.39, 0.29) is 49.9 Å². The fourth-order valence-corrected chi connectivity index (χ4v) is 4.33. The molecule has 0 aliphatic heterocycles. The first-order valence-electron chi connectivity index (χ1n) is 16.3. The predicted octanol–water partition coefficient (Wildman–Crippen LogP) is 4.19. The molecule has 258 valence electrons. The van der Waals surface area contributed by atoms with E-state index in [1.807, 2.05) is 48.5 Å². The van der Waals surface area contributed by atoms with Gasteiger partial charge in [-0.2, -0.15) is 0 Å². The van der Waals surface area contributed by atoms with Crippen LogP contribution in [0.15, 0.2) is 42.5 Å². The van der Waals surface area contributed by atoms with Gasteiger partial charge in [-0.25, -0.2) is 4.39 Å². The monoisotopic (exact) mass is 645 g/mol. The Morgan fingerprint density at radius 3 is 2.09 bits per heavy atom. The zero-order valence-corrected chi connectivity index (χ0v) is 28.9. The average Bonchev–Trinajstić information content (AvgIpc) is 3.04. The van der Waals surface area contributed by atoms with Crippen LogP contribution in [0.5, 0.6) is 5.75 Å². The van der Waals surface area contributed by atoms with E-state index in [1.54, 1.807) is 30.3 Å². The molecule has 4 amide bonds. The molecule has 11 heteroatoms. The van der Waals surface area contributed by atoms with Gasteiger partial charge in [0.15, 0.2) is 0 Å². The van der Waals surface area contributed by atoms with Gasteiger partial charge in [0.05, 0.1) is 12.6 Å². The summed E-state index contributed by atoms with van der Waals surface area (Å²) >= 11 is 0. The number of unbranched alkanes of at least 4 members (excludes halogenated alkanes) is 1. The van der Waals surface area contributed by atoms with Crippen LogP contribution in [0, 0.1) is 5.82 Å². The number of nitrogens with zero attached hydrogens (tertiary/aromatic N) is 1. The molecule has 46 heavy (non-hydrogen) atoms. The molecule has 2 unspecified atom stereocenters. The van der Waals surface area contributed by atoms with Crippen LogP contribution >= 0.6 is 0 Å². The molecule has 6 N–H and O–H groups in total. The fourth-order valence-electron chi connectivity index (χ4n) is 4.33. The van der Waals surface area contributed by atoms with E-state index in [2.05, 4.69) is 16.0 Å². The number of aromatic hydroxyl groups is 1. The zero-order valence-electron chi connectivity index (χ0n) is 28.9. The number of phenols is 1. The van der Waals surface area contributed by atoms with Gasteiger partial charge in [-0.05, 0) is 53.6 Å². The summed E-state index contributed by atoms with van der Waals surface area (Å²) in [5.41, 5.74) is 8.16. The number of benzene rings is 2. The normalized spacial score (nSPS) is 11.5. The number of carbonyl (C=O) groups is 4. The largest absolute Gasteiger partial charge is 0.508 e. The van der Waals surface area contributed by atoms with Gasteiger partial charge in [0.2, 0.25) is 23.6 Å². The number of likely N-dealkylation sites (N-methyl/N-ethyl adjacent to an activating group) is 1. The van der Waals surface area contributed by atoms with Crippen LogP contribution in [-0.2, 0) is 32.0 Å². The third kappa shape index (κ3) is 15.8. The molecule has 2 atom stereocenters. The van der Waals surface area contributed by atoms with Crippen LogP contribution in [0.3, 0.4) is 0 Å². The van der Waals surface area contributed by atoms with Crippen LogP contribution in [-0.4, -0.2) is 72.4 Å². The van der Waals surface area contributed by atoms with E-state index in [0.29, 0.717) is 17.7 Å². The van der Waals surface area contributed by atoms with Gasteiger partial charge in [-0.15, -0.1) is 0 Å². The molecule has 0 saturated carbocycles. The van der Waals surface area contributed by atoms with Crippen LogP contribution in [0.2, 0.25) is 0 Å². The van der Waals surface area contributed by atoms with Gasteiger partial charge >= 0.3 is 0 Å². The van der Waals surface area contributed by atoms with Crippen LogP contribution in [0.4, 0.5) is 4.39 Å². The molecule has 2 aromatic rings. The number of hydrogen-bond acceptors (Lipinski definition) is 6. The van der Waals surface area contributed by atoms with Gasteiger partial charge in [0, 0.05) is 33.0 Å². The van der Waals surface area contributed by atoms with Crippen molar-refractivity contribution in [1.29, 1.82) is 0 Å². The second-order valence-corrected chi connectivity index (χ2v) is 10.7. The molecule has 0 saturated heterocycles. The Morgan fingerprint density at radius 2 is 1.50 bits per heavy atom.